The Morgan fingerprint density at radius 3 is 2.61 bits per heavy atom. The SMILES string of the molecule is COc1ccc2nc(CP(=O)(OC)OC)sc2c1. The quantitative estimate of drug-likeness (QED) is 0.790. The standard InChI is InChI=1S/C11H14NO4PS/c1-14-8-4-5-9-10(6-8)18-11(12-9)7-17(13,15-2)16-3/h4-6H,7H2,1-3H3. The van der Waals surface area contributed by atoms with E-state index in [4.69, 9.17) is 13.8 Å². The molecule has 2 rings (SSSR count). The number of hydrogen-bond donors (Lipinski definition) is 0. The van der Waals surface area contributed by atoms with E-state index in [0.717, 1.165) is 21.0 Å². The number of fused-ring (bicyclic) bond motifs is 1. The van der Waals surface area contributed by atoms with E-state index >= 15 is 0 Å². The van der Waals surface area contributed by atoms with Gasteiger partial charge in [0.2, 0.25) is 0 Å². The third-order valence-electron chi connectivity index (χ3n) is 2.53. The molecule has 1 heterocycles. The molecule has 0 N–H and O–H groups in total. The number of nitrogens with zero attached hydrogens (tertiary/aromatic N) is 1. The van der Waals surface area contributed by atoms with Gasteiger partial charge in [-0.2, -0.15) is 0 Å². The highest BCUT2D eigenvalue weighted by atomic mass is 32.1. The van der Waals surface area contributed by atoms with Gasteiger partial charge in [-0.3, -0.25) is 4.57 Å². The number of benzene rings is 1. The molecular formula is C11H14NO4PS. The zero-order valence-electron chi connectivity index (χ0n) is 10.4. The molecule has 1 aromatic heterocycles. The summed E-state index contributed by atoms with van der Waals surface area (Å²) in [5, 5.41) is 0.727. The molecular weight excluding hydrogens is 273 g/mol. The number of rotatable bonds is 5. The Balaban J connectivity index is 2.33. The van der Waals surface area contributed by atoms with Crippen LogP contribution in [0.1, 0.15) is 5.01 Å². The van der Waals surface area contributed by atoms with Crippen LogP contribution in [0.4, 0.5) is 0 Å². The lowest BCUT2D eigenvalue weighted by Crippen LogP contribution is -1.92. The van der Waals surface area contributed by atoms with Crippen molar-refractivity contribution in [1.82, 2.24) is 4.98 Å². The van der Waals surface area contributed by atoms with E-state index in [2.05, 4.69) is 4.98 Å². The van der Waals surface area contributed by atoms with Crippen LogP contribution in [-0.4, -0.2) is 26.3 Å². The van der Waals surface area contributed by atoms with Crippen LogP contribution >= 0.6 is 18.9 Å². The van der Waals surface area contributed by atoms with Crippen LogP contribution in [0.5, 0.6) is 5.75 Å². The monoisotopic (exact) mass is 287 g/mol. The highest BCUT2D eigenvalue weighted by Gasteiger charge is 2.23. The number of hydrogen-bond acceptors (Lipinski definition) is 6. The van der Waals surface area contributed by atoms with Crippen LogP contribution in [0.15, 0.2) is 18.2 Å². The lowest BCUT2D eigenvalue weighted by molar-refractivity contribution is 0.275. The minimum absolute atomic E-state index is 0.182. The minimum atomic E-state index is -3.06. The number of ether oxygens (including phenoxy) is 1. The summed E-state index contributed by atoms with van der Waals surface area (Å²) in [5.41, 5.74) is 0.856. The van der Waals surface area contributed by atoms with Gasteiger partial charge in [0.15, 0.2) is 0 Å². The van der Waals surface area contributed by atoms with Crippen molar-refractivity contribution in [2.45, 2.75) is 6.16 Å². The smallest absolute Gasteiger partial charge is 0.336 e. The maximum Gasteiger partial charge on any atom is 0.336 e. The second-order valence-electron chi connectivity index (χ2n) is 3.58. The summed E-state index contributed by atoms with van der Waals surface area (Å²) in [6, 6.07) is 5.62. The van der Waals surface area contributed by atoms with Crippen LogP contribution in [0, 0.1) is 0 Å². The normalized spacial score (nSPS) is 11.9. The molecule has 18 heavy (non-hydrogen) atoms. The van der Waals surface area contributed by atoms with Gasteiger partial charge in [-0.1, -0.05) is 0 Å². The van der Waals surface area contributed by atoms with Crippen molar-refractivity contribution >= 4 is 29.1 Å². The molecule has 2 aromatic rings. The molecule has 1 aromatic carbocycles. The first-order valence-electron chi connectivity index (χ1n) is 5.24. The van der Waals surface area contributed by atoms with Crippen LogP contribution in [0.2, 0.25) is 0 Å². The third kappa shape index (κ3) is 2.72. The summed E-state index contributed by atoms with van der Waals surface area (Å²) in [7, 11) is 1.31. The van der Waals surface area contributed by atoms with Crippen molar-refractivity contribution < 1.29 is 18.3 Å². The molecule has 0 saturated heterocycles. The zero-order chi connectivity index (χ0) is 13.2. The molecule has 0 atom stereocenters. The molecule has 0 spiro atoms. The summed E-state index contributed by atoms with van der Waals surface area (Å²) in [4.78, 5) is 4.40. The maximum atomic E-state index is 12.0. The van der Waals surface area contributed by atoms with Gasteiger partial charge in [0, 0.05) is 14.2 Å². The average Bonchev–Trinajstić information content (AvgIpc) is 2.79. The first kappa shape index (κ1) is 13.5. The summed E-state index contributed by atoms with van der Waals surface area (Å²) in [6.07, 6.45) is 0.182. The maximum absolute atomic E-state index is 12.0. The predicted molar refractivity (Wildman–Crippen MR) is 71.5 cm³/mol. The van der Waals surface area contributed by atoms with Crippen LogP contribution in [0.3, 0.4) is 0 Å². The Kier molecular flexibility index (Phi) is 4.02. The summed E-state index contributed by atoms with van der Waals surface area (Å²) >= 11 is 1.46. The molecule has 0 amide bonds. The lowest BCUT2D eigenvalue weighted by Gasteiger charge is -2.10. The van der Waals surface area contributed by atoms with Gasteiger partial charge in [-0.05, 0) is 18.2 Å². The van der Waals surface area contributed by atoms with Crippen molar-refractivity contribution in [2.75, 3.05) is 21.3 Å². The number of thiazole rings is 1. The molecule has 0 aliphatic carbocycles. The first-order valence-corrected chi connectivity index (χ1v) is 7.78. The highest BCUT2D eigenvalue weighted by molar-refractivity contribution is 7.53. The first-order chi connectivity index (χ1) is 8.60. The highest BCUT2D eigenvalue weighted by Crippen LogP contribution is 2.50. The molecule has 0 aliphatic rings. The summed E-state index contributed by atoms with van der Waals surface area (Å²) < 4.78 is 28.0. The van der Waals surface area contributed by atoms with E-state index in [9.17, 15) is 4.57 Å². The second-order valence-corrected chi connectivity index (χ2v) is 6.96. The van der Waals surface area contributed by atoms with E-state index in [1.54, 1.807) is 7.11 Å². The van der Waals surface area contributed by atoms with Gasteiger partial charge < -0.3 is 13.8 Å². The van der Waals surface area contributed by atoms with Gasteiger partial charge in [0.25, 0.3) is 0 Å². The van der Waals surface area contributed by atoms with Crippen molar-refractivity contribution in [3.63, 3.8) is 0 Å². The van der Waals surface area contributed by atoms with Crippen LogP contribution in [-0.2, 0) is 19.8 Å². The van der Waals surface area contributed by atoms with Gasteiger partial charge in [0.1, 0.15) is 16.9 Å². The van der Waals surface area contributed by atoms with Crippen molar-refractivity contribution in [3.05, 3.63) is 23.2 Å². The molecule has 0 bridgehead atoms. The van der Waals surface area contributed by atoms with Crippen molar-refractivity contribution in [1.29, 1.82) is 0 Å². The minimum Gasteiger partial charge on any atom is -0.497 e. The molecule has 98 valence electrons. The Labute approximate surface area is 109 Å². The Morgan fingerprint density at radius 1 is 1.28 bits per heavy atom. The Hall–Kier alpha value is -0.940. The third-order valence-corrected chi connectivity index (χ3v) is 5.56. The van der Waals surface area contributed by atoms with Gasteiger partial charge in [-0.15, -0.1) is 11.3 Å². The topological polar surface area (TPSA) is 57.7 Å². The van der Waals surface area contributed by atoms with E-state index in [0.29, 0.717) is 0 Å². The van der Waals surface area contributed by atoms with Crippen LogP contribution in [0.25, 0.3) is 10.2 Å². The molecule has 0 fully saturated rings. The van der Waals surface area contributed by atoms with E-state index < -0.39 is 7.60 Å². The van der Waals surface area contributed by atoms with Gasteiger partial charge >= 0.3 is 7.60 Å². The molecule has 0 aliphatic heterocycles. The lowest BCUT2D eigenvalue weighted by atomic mass is 10.3. The van der Waals surface area contributed by atoms with E-state index in [1.165, 1.54) is 25.6 Å². The average molecular weight is 287 g/mol. The summed E-state index contributed by atoms with van der Waals surface area (Å²) in [6.45, 7) is 0. The zero-order valence-corrected chi connectivity index (χ0v) is 12.1. The van der Waals surface area contributed by atoms with E-state index in [1.807, 2.05) is 18.2 Å². The fourth-order valence-corrected chi connectivity index (χ4v) is 3.85. The summed E-state index contributed by atoms with van der Waals surface area (Å²) in [5.74, 6) is 0.777. The van der Waals surface area contributed by atoms with Crippen molar-refractivity contribution in [3.8, 4) is 5.75 Å². The van der Waals surface area contributed by atoms with Crippen LogP contribution < -0.4 is 4.74 Å². The molecule has 0 unspecified atom stereocenters. The van der Waals surface area contributed by atoms with Gasteiger partial charge in [-0.25, -0.2) is 4.98 Å². The Bertz CT molecular complexity index is 590. The molecule has 5 nitrogen and oxygen atoms in total. The number of methoxy groups -OCH3 is 1. The fourth-order valence-electron chi connectivity index (χ4n) is 1.52. The number of aromatic nitrogens is 1. The van der Waals surface area contributed by atoms with Crippen molar-refractivity contribution in [2.24, 2.45) is 0 Å². The second kappa shape index (κ2) is 5.36. The molecule has 0 saturated carbocycles. The molecule has 0 radical (unpaired) electrons. The fraction of sp³-hybridized carbons (Fsp3) is 0.364. The predicted octanol–water partition coefficient (Wildman–Crippen LogP) is 3.29. The van der Waals surface area contributed by atoms with E-state index in [-0.39, 0.29) is 6.16 Å². The largest absolute Gasteiger partial charge is 0.497 e. The Morgan fingerprint density at radius 2 is 2.00 bits per heavy atom. The molecule has 7 heteroatoms. The van der Waals surface area contributed by atoms with Gasteiger partial charge in [0.05, 0.1) is 17.3 Å².